The standard InChI is InChI=1S/C20H16N2O5/c23-19(14-5-8-16-18(10-14)27-12-26-16)21-11-13-3-6-15(7-4-13)22-20(24)17-2-1-9-25-17/h1-10H,11-12H2,(H,21,23)(H,22,24). The van der Waals surface area contributed by atoms with Crippen molar-refractivity contribution in [3.8, 4) is 11.5 Å². The van der Waals surface area contributed by atoms with Crippen LogP contribution in [0.3, 0.4) is 0 Å². The molecule has 4 rings (SSSR count). The van der Waals surface area contributed by atoms with Crippen molar-refractivity contribution in [1.82, 2.24) is 5.32 Å². The van der Waals surface area contributed by atoms with Gasteiger partial charge >= 0.3 is 0 Å². The van der Waals surface area contributed by atoms with Gasteiger partial charge in [-0.25, -0.2) is 0 Å². The van der Waals surface area contributed by atoms with Gasteiger partial charge in [-0.3, -0.25) is 9.59 Å². The summed E-state index contributed by atoms with van der Waals surface area (Å²) in [4.78, 5) is 24.2. The van der Waals surface area contributed by atoms with Crippen LogP contribution in [0.4, 0.5) is 5.69 Å². The Balaban J connectivity index is 1.33. The summed E-state index contributed by atoms with van der Waals surface area (Å²) in [7, 11) is 0. The second-order valence-corrected chi connectivity index (χ2v) is 5.88. The molecule has 27 heavy (non-hydrogen) atoms. The maximum absolute atomic E-state index is 12.3. The fourth-order valence-corrected chi connectivity index (χ4v) is 2.63. The highest BCUT2D eigenvalue weighted by molar-refractivity contribution is 6.02. The molecule has 136 valence electrons. The van der Waals surface area contributed by atoms with E-state index in [1.54, 1.807) is 42.5 Å². The van der Waals surface area contributed by atoms with Crippen LogP contribution in [0.5, 0.6) is 11.5 Å². The SMILES string of the molecule is O=C(NCc1ccc(NC(=O)c2ccco2)cc1)c1ccc2c(c1)OCO2. The second kappa shape index (κ2) is 7.25. The summed E-state index contributed by atoms with van der Waals surface area (Å²) in [6, 6.07) is 15.5. The number of amides is 2. The molecule has 1 aliphatic rings. The molecule has 2 aromatic carbocycles. The van der Waals surface area contributed by atoms with Crippen LogP contribution >= 0.6 is 0 Å². The predicted molar refractivity (Wildman–Crippen MR) is 96.8 cm³/mol. The number of fused-ring (bicyclic) bond motifs is 1. The molecule has 2 N–H and O–H groups in total. The van der Waals surface area contributed by atoms with Crippen molar-refractivity contribution in [2.24, 2.45) is 0 Å². The molecule has 0 saturated carbocycles. The molecular formula is C20H16N2O5. The fraction of sp³-hybridized carbons (Fsp3) is 0.100. The largest absolute Gasteiger partial charge is 0.459 e. The number of rotatable bonds is 5. The summed E-state index contributed by atoms with van der Waals surface area (Å²) < 4.78 is 15.6. The first-order valence-electron chi connectivity index (χ1n) is 8.31. The minimum absolute atomic E-state index is 0.170. The summed E-state index contributed by atoms with van der Waals surface area (Å²) in [6.07, 6.45) is 1.45. The Morgan fingerprint density at radius 3 is 2.52 bits per heavy atom. The van der Waals surface area contributed by atoms with Crippen LogP contribution in [0, 0.1) is 0 Å². The van der Waals surface area contributed by atoms with E-state index in [4.69, 9.17) is 13.9 Å². The van der Waals surface area contributed by atoms with Gasteiger partial charge in [-0.15, -0.1) is 0 Å². The van der Waals surface area contributed by atoms with Crippen molar-refractivity contribution in [2.75, 3.05) is 12.1 Å². The third-order valence-corrected chi connectivity index (χ3v) is 4.04. The van der Waals surface area contributed by atoms with Crippen LogP contribution in [0.1, 0.15) is 26.5 Å². The molecule has 0 bridgehead atoms. The molecule has 0 saturated heterocycles. The van der Waals surface area contributed by atoms with E-state index in [2.05, 4.69) is 10.6 Å². The highest BCUT2D eigenvalue weighted by atomic mass is 16.7. The smallest absolute Gasteiger partial charge is 0.291 e. The number of anilines is 1. The van der Waals surface area contributed by atoms with Crippen LogP contribution in [-0.2, 0) is 6.54 Å². The molecule has 2 heterocycles. The lowest BCUT2D eigenvalue weighted by atomic mass is 10.1. The Bertz CT molecular complexity index is 965. The number of nitrogens with one attached hydrogen (secondary N) is 2. The van der Waals surface area contributed by atoms with Crippen LogP contribution in [-0.4, -0.2) is 18.6 Å². The van der Waals surface area contributed by atoms with Crippen LogP contribution in [0.2, 0.25) is 0 Å². The second-order valence-electron chi connectivity index (χ2n) is 5.88. The summed E-state index contributed by atoms with van der Waals surface area (Å²) in [5.74, 6) is 0.931. The highest BCUT2D eigenvalue weighted by Crippen LogP contribution is 2.32. The van der Waals surface area contributed by atoms with Crippen molar-refractivity contribution >= 4 is 17.5 Å². The van der Waals surface area contributed by atoms with E-state index in [-0.39, 0.29) is 24.4 Å². The molecule has 7 heteroatoms. The molecule has 2 amide bonds. The lowest BCUT2D eigenvalue weighted by molar-refractivity contribution is 0.0949. The molecule has 0 atom stereocenters. The number of benzene rings is 2. The number of hydrogen-bond donors (Lipinski definition) is 2. The molecule has 0 spiro atoms. The van der Waals surface area contributed by atoms with Crippen LogP contribution in [0.25, 0.3) is 0 Å². The number of furan rings is 1. The molecule has 0 radical (unpaired) electrons. The predicted octanol–water partition coefficient (Wildman–Crippen LogP) is 3.19. The Morgan fingerprint density at radius 2 is 1.74 bits per heavy atom. The molecule has 0 unspecified atom stereocenters. The van der Waals surface area contributed by atoms with Crippen LogP contribution in [0.15, 0.2) is 65.3 Å². The topological polar surface area (TPSA) is 89.8 Å². The minimum Gasteiger partial charge on any atom is -0.459 e. The van der Waals surface area contributed by atoms with Gasteiger partial charge in [-0.2, -0.15) is 0 Å². The van der Waals surface area contributed by atoms with Gasteiger partial charge in [-0.1, -0.05) is 12.1 Å². The molecule has 1 aliphatic heterocycles. The first-order valence-corrected chi connectivity index (χ1v) is 8.31. The van der Waals surface area contributed by atoms with E-state index in [9.17, 15) is 9.59 Å². The first-order chi connectivity index (χ1) is 13.2. The quantitative estimate of drug-likeness (QED) is 0.726. The van der Waals surface area contributed by atoms with E-state index in [0.717, 1.165) is 5.56 Å². The Labute approximate surface area is 154 Å². The first kappa shape index (κ1) is 16.7. The fourth-order valence-electron chi connectivity index (χ4n) is 2.63. The summed E-state index contributed by atoms with van der Waals surface area (Å²) in [6.45, 7) is 0.531. The Kier molecular flexibility index (Phi) is 4.49. The number of carbonyl (C=O) groups is 2. The normalized spacial score (nSPS) is 11.9. The zero-order valence-electron chi connectivity index (χ0n) is 14.2. The summed E-state index contributed by atoms with van der Waals surface area (Å²) in [5, 5.41) is 5.59. The molecular weight excluding hydrogens is 348 g/mol. The van der Waals surface area contributed by atoms with Gasteiger partial charge in [-0.05, 0) is 48.0 Å². The van der Waals surface area contributed by atoms with Crippen molar-refractivity contribution in [3.05, 3.63) is 77.7 Å². The average molecular weight is 364 g/mol. The van der Waals surface area contributed by atoms with Gasteiger partial charge in [0.15, 0.2) is 17.3 Å². The lowest BCUT2D eigenvalue weighted by Crippen LogP contribution is -2.22. The minimum atomic E-state index is -0.316. The Hall–Kier alpha value is -3.74. The van der Waals surface area contributed by atoms with Gasteiger partial charge in [0.25, 0.3) is 11.8 Å². The monoisotopic (exact) mass is 364 g/mol. The highest BCUT2D eigenvalue weighted by Gasteiger charge is 2.16. The van der Waals surface area contributed by atoms with E-state index >= 15 is 0 Å². The van der Waals surface area contributed by atoms with E-state index < -0.39 is 0 Å². The molecule has 1 aromatic heterocycles. The zero-order valence-corrected chi connectivity index (χ0v) is 14.2. The zero-order chi connectivity index (χ0) is 18.6. The lowest BCUT2D eigenvalue weighted by Gasteiger charge is -2.08. The average Bonchev–Trinajstić information content (AvgIpc) is 3.38. The summed E-state index contributed by atoms with van der Waals surface area (Å²) >= 11 is 0. The van der Waals surface area contributed by atoms with Gasteiger partial charge in [0.05, 0.1) is 6.26 Å². The Morgan fingerprint density at radius 1 is 0.926 bits per heavy atom. The van der Waals surface area contributed by atoms with Gasteiger partial charge in [0.2, 0.25) is 6.79 Å². The van der Waals surface area contributed by atoms with Gasteiger partial charge in [0, 0.05) is 17.8 Å². The summed E-state index contributed by atoms with van der Waals surface area (Å²) in [5.41, 5.74) is 2.05. The maximum Gasteiger partial charge on any atom is 0.291 e. The number of hydrogen-bond acceptors (Lipinski definition) is 5. The number of ether oxygens (including phenoxy) is 2. The molecule has 7 nitrogen and oxygen atoms in total. The van der Waals surface area contributed by atoms with Crippen molar-refractivity contribution < 1.29 is 23.5 Å². The van der Waals surface area contributed by atoms with Gasteiger partial charge < -0.3 is 24.5 Å². The molecule has 3 aromatic rings. The van der Waals surface area contributed by atoms with Crippen LogP contribution < -0.4 is 20.1 Å². The van der Waals surface area contributed by atoms with Crippen molar-refractivity contribution in [2.45, 2.75) is 6.54 Å². The van der Waals surface area contributed by atoms with Crippen molar-refractivity contribution in [1.29, 1.82) is 0 Å². The van der Waals surface area contributed by atoms with Gasteiger partial charge in [0.1, 0.15) is 0 Å². The molecule has 0 aliphatic carbocycles. The van der Waals surface area contributed by atoms with E-state index in [1.165, 1.54) is 6.26 Å². The van der Waals surface area contributed by atoms with Crippen molar-refractivity contribution in [3.63, 3.8) is 0 Å². The third kappa shape index (κ3) is 3.77. The number of carbonyl (C=O) groups excluding carboxylic acids is 2. The van der Waals surface area contributed by atoms with E-state index in [1.807, 2.05) is 12.1 Å². The maximum atomic E-state index is 12.3. The molecule has 0 fully saturated rings. The third-order valence-electron chi connectivity index (χ3n) is 4.04. The van der Waals surface area contributed by atoms with E-state index in [0.29, 0.717) is 29.3 Å².